The number of aryl methyl sites for hydroxylation is 1. The summed E-state index contributed by atoms with van der Waals surface area (Å²) in [6.07, 6.45) is 0.612. The summed E-state index contributed by atoms with van der Waals surface area (Å²) in [5.74, 6) is -0.0832. The second-order valence-corrected chi connectivity index (χ2v) is 10.8. The van der Waals surface area contributed by atoms with E-state index in [9.17, 15) is 17.2 Å². The molecule has 188 valence electrons. The fourth-order valence-corrected chi connectivity index (χ4v) is 5.83. The van der Waals surface area contributed by atoms with Crippen LogP contribution in [-0.4, -0.2) is 67.2 Å². The molecule has 10 heteroatoms. The lowest BCUT2D eigenvalue weighted by Crippen LogP contribution is -2.45. The van der Waals surface area contributed by atoms with Gasteiger partial charge in [-0.3, -0.25) is 0 Å². The topological polar surface area (TPSA) is 61.7 Å². The van der Waals surface area contributed by atoms with Gasteiger partial charge >= 0.3 is 0 Å². The average Bonchev–Trinajstić information content (AvgIpc) is 3.15. The van der Waals surface area contributed by atoms with Gasteiger partial charge in [0.05, 0.1) is 16.3 Å². The molecular weight excluding hydrogens is 472 g/mol. The van der Waals surface area contributed by atoms with Crippen LogP contribution in [0.4, 0.5) is 14.6 Å². The number of aromatic nitrogens is 2. The van der Waals surface area contributed by atoms with Crippen molar-refractivity contribution < 1.29 is 17.2 Å². The molecule has 0 N–H and O–H groups in total. The first-order valence-corrected chi connectivity index (χ1v) is 13.2. The van der Waals surface area contributed by atoms with E-state index in [4.69, 9.17) is 5.10 Å². The van der Waals surface area contributed by atoms with Crippen molar-refractivity contribution in [2.75, 3.05) is 44.7 Å². The molecule has 0 amide bonds. The van der Waals surface area contributed by atoms with Gasteiger partial charge in [0.1, 0.15) is 17.5 Å². The van der Waals surface area contributed by atoms with E-state index in [1.807, 2.05) is 13.8 Å². The van der Waals surface area contributed by atoms with Crippen LogP contribution in [0.5, 0.6) is 0 Å². The number of piperazine rings is 1. The third-order valence-corrected chi connectivity index (χ3v) is 8.13. The number of benzene rings is 2. The van der Waals surface area contributed by atoms with Crippen molar-refractivity contribution in [1.82, 2.24) is 19.0 Å². The molecule has 2 aromatic carbocycles. The van der Waals surface area contributed by atoms with E-state index < -0.39 is 15.8 Å². The fourth-order valence-electron chi connectivity index (χ4n) is 4.33. The second-order valence-electron chi connectivity index (χ2n) is 8.86. The van der Waals surface area contributed by atoms with Crippen LogP contribution in [0.25, 0.3) is 5.69 Å². The first kappa shape index (κ1) is 25.3. The predicted octanol–water partition coefficient (Wildman–Crippen LogP) is 3.81. The van der Waals surface area contributed by atoms with E-state index in [-0.39, 0.29) is 17.3 Å². The summed E-state index contributed by atoms with van der Waals surface area (Å²) in [4.78, 5) is 4.46. The van der Waals surface area contributed by atoms with Crippen molar-refractivity contribution in [1.29, 1.82) is 0 Å². The van der Waals surface area contributed by atoms with Gasteiger partial charge in [-0.25, -0.2) is 21.9 Å². The molecule has 0 spiro atoms. The summed E-state index contributed by atoms with van der Waals surface area (Å²) >= 11 is 0. The van der Waals surface area contributed by atoms with E-state index >= 15 is 0 Å². The van der Waals surface area contributed by atoms with Crippen LogP contribution in [0.15, 0.2) is 53.4 Å². The smallest absolute Gasteiger partial charge is 0.243 e. The minimum atomic E-state index is -3.87. The van der Waals surface area contributed by atoms with Crippen molar-refractivity contribution in [2.45, 2.75) is 31.7 Å². The van der Waals surface area contributed by atoms with Crippen LogP contribution < -0.4 is 4.90 Å². The van der Waals surface area contributed by atoms with E-state index in [1.165, 1.54) is 28.6 Å². The van der Waals surface area contributed by atoms with Crippen LogP contribution in [0.3, 0.4) is 0 Å². The van der Waals surface area contributed by atoms with Crippen LogP contribution in [0.2, 0.25) is 0 Å². The second kappa shape index (κ2) is 10.4. The quantitative estimate of drug-likeness (QED) is 0.468. The Balaban J connectivity index is 1.79. The maximum absolute atomic E-state index is 14.1. The number of rotatable bonds is 8. The number of hydrogen-bond acceptors (Lipinski definition) is 5. The van der Waals surface area contributed by atoms with E-state index in [0.717, 1.165) is 49.7 Å². The van der Waals surface area contributed by atoms with Crippen LogP contribution >= 0.6 is 0 Å². The molecule has 1 fully saturated rings. The Morgan fingerprint density at radius 2 is 1.69 bits per heavy atom. The lowest BCUT2D eigenvalue weighted by atomic mass is 10.2. The number of likely N-dealkylation sites (N-methyl/N-ethyl adjacent to an activating group) is 1. The molecule has 0 unspecified atom stereocenters. The Morgan fingerprint density at radius 3 is 2.31 bits per heavy atom. The molecule has 0 atom stereocenters. The van der Waals surface area contributed by atoms with E-state index in [2.05, 4.69) is 16.8 Å². The molecule has 0 bridgehead atoms. The predicted molar refractivity (Wildman–Crippen MR) is 132 cm³/mol. The molecule has 7 nitrogen and oxygen atoms in total. The minimum Gasteiger partial charge on any atom is -0.354 e. The highest BCUT2D eigenvalue weighted by molar-refractivity contribution is 7.89. The first-order chi connectivity index (χ1) is 16.7. The number of nitrogens with zero attached hydrogens (tertiary/aromatic N) is 5. The summed E-state index contributed by atoms with van der Waals surface area (Å²) < 4.78 is 57.7. The van der Waals surface area contributed by atoms with E-state index in [0.29, 0.717) is 24.3 Å². The Hall–Kier alpha value is -2.82. The molecule has 0 aliphatic carbocycles. The summed E-state index contributed by atoms with van der Waals surface area (Å²) in [5, 5.41) is 4.72. The van der Waals surface area contributed by atoms with Gasteiger partial charge in [0.25, 0.3) is 0 Å². The van der Waals surface area contributed by atoms with E-state index in [1.54, 1.807) is 16.8 Å². The molecule has 3 aromatic rings. The summed E-state index contributed by atoms with van der Waals surface area (Å²) in [6, 6.07) is 11.1. The number of sulfonamides is 1. The van der Waals surface area contributed by atoms with Gasteiger partial charge in [-0.05, 0) is 62.9 Å². The molecule has 4 rings (SSSR count). The Bertz CT molecular complexity index is 1270. The SMILES string of the molecule is CCCN(Cc1c(C)nn(-c2cccc(F)c2)c1N1CCN(C)CC1)S(=O)(=O)c1ccc(F)cc1. The minimum absolute atomic E-state index is 0.0451. The van der Waals surface area contributed by atoms with Gasteiger partial charge in [-0.15, -0.1) is 0 Å². The molecule has 0 radical (unpaired) electrons. The monoisotopic (exact) mass is 503 g/mol. The molecule has 35 heavy (non-hydrogen) atoms. The normalized spacial score (nSPS) is 15.2. The highest BCUT2D eigenvalue weighted by Gasteiger charge is 2.30. The van der Waals surface area contributed by atoms with Crippen molar-refractivity contribution in [2.24, 2.45) is 0 Å². The molecule has 1 aromatic heterocycles. The molecule has 1 aliphatic rings. The Labute approximate surface area is 205 Å². The number of hydrogen-bond donors (Lipinski definition) is 0. The summed E-state index contributed by atoms with van der Waals surface area (Å²) in [6.45, 7) is 7.34. The third-order valence-electron chi connectivity index (χ3n) is 6.27. The highest BCUT2D eigenvalue weighted by atomic mass is 32.2. The lowest BCUT2D eigenvalue weighted by Gasteiger charge is -2.35. The van der Waals surface area contributed by atoms with Gasteiger partial charge < -0.3 is 9.80 Å². The van der Waals surface area contributed by atoms with Crippen molar-refractivity contribution in [3.05, 3.63) is 71.4 Å². The summed E-state index contributed by atoms with van der Waals surface area (Å²) in [7, 11) is -1.81. The maximum atomic E-state index is 14.1. The van der Waals surface area contributed by atoms with Crippen molar-refractivity contribution in [3.8, 4) is 5.69 Å². The molecule has 1 aliphatic heterocycles. The Kier molecular flexibility index (Phi) is 7.53. The number of anilines is 1. The molecular formula is C25H31F2N5O2S. The molecule has 1 saturated heterocycles. The van der Waals surface area contributed by atoms with Gasteiger partial charge in [-0.2, -0.15) is 9.40 Å². The lowest BCUT2D eigenvalue weighted by molar-refractivity contribution is 0.310. The van der Waals surface area contributed by atoms with Crippen LogP contribution in [0.1, 0.15) is 24.6 Å². The fraction of sp³-hybridized carbons (Fsp3) is 0.400. The van der Waals surface area contributed by atoms with Gasteiger partial charge in [-0.1, -0.05) is 13.0 Å². The zero-order valence-corrected chi connectivity index (χ0v) is 21.1. The average molecular weight is 504 g/mol. The van der Waals surface area contributed by atoms with Crippen LogP contribution in [-0.2, 0) is 16.6 Å². The zero-order valence-electron chi connectivity index (χ0n) is 20.3. The van der Waals surface area contributed by atoms with Gasteiger partial charge in [0.2, 0.25) is 10.0 Å². The standard InChI is InChI=1S/C25H31F2N5O2S/c1-4-12-31(35(33,34)23-10-8-20(26)9-11-23)18-24-19(2)28-32(22-7-5-6-21(27)17-22)25(24)30-15-13-29(3)14-16-30/h5-11,17H,4,12-16,18H2,1-3H3. The zero-order chi connectivity index (χ0) is 25.2. The molecule has 0 saturated carbocycles. The van der Waals surface area contributed by atoms with Crippen molar-refractivity contribution >= 4 is 15.8 Å². The number of halogens is 2. The van der Waals surface area contributed by atoms with Gasteiger partial charge in [0.15, 0.2) is 0 Å². The molecule has 2 heterocycles. The summed E-state index contributed by atoms with van der Waals surface area (Å²) in [5.41, 5.74) is 2.04. The highest BCUT2D eigenvalue weighted by Crippen LogP contribution is 2.31. The first-order valence-electron chi connectivity index (χ1n) is 11.7. The Morgan fingerprint density at radius 1 is 1.00 bits per heavy atom. The van der Waals surface area contributed by atoms with Crippen molar-refractivity contribution in [3.63, 3.8) is 0 Å². The largest absolute Gasteiger partial charge is 0.354 e. The maximum Gasteiger partial charge on any atom is 0.243 e. The van der Waals surface area contributed by atoms with Gasteiger partial charge in [0, 0.05) is 44.8 Å². The van der Waals surface area contributed by atoms with Crippen LogP contribution in [0, 0.1) is 18.6 Å². The third kappa shape index (κ3) is 5.39.